The third-order valence-electron chi connectivity index (χ3n) is 3.96. The minimum atomic E-state index is -0.0377. The molecular weight excluding hydrogens is 208 g/mol. The fourth-order valence-corrected chi connectivity index (χ4v) is 2.67. The molecule has 1 saturated carbocycles. The molecule has 0 aliphatic heterocycles. The average molecular weight is 230 g/mol. The van der Waals surface area contributed by atoms with Gasteiger partial charge in [0.05, 0.1) is 0 Å². The van der Waals surface area contributed by atoms with Crippen LogP contribution in [-0.4, -0.2) is 5.78 Å². The van der Waals surface area contributed by atoms with Crippen molar-refractivity contribution in [3.8, 4) is 0 Å². The molecule has 1 aromatic rings. The van der Waals surface area contributed by atoms with Gasteiger partial charge in [0.2, 0.25) is 0 Å². The lowest BCUT2D eigenvalue weighted by atomic mass is 9.77. The first-order valence-electron chi connectivity index (χ1n) is 6.59. The first kappa shape index (κ1) is 12.3. The standard InChI is InChI=1S/C16H22O/c1-12(17)11-16(2,3)15-9-7-14(8-10-15)13-5-4-6-13/h7-10,13H,4-6,11H2,1-3H3. The molecule has 0 N–H and O–H groups in total. The summed E-state index contributed by atoms with van der Waals surface area (Å²) in [5.74, 6) is 1.05. The monoisotopic (exact) mass is 230 g/mol. The van der Waals surface area contributed by atoms with Gasteiger partial charge in [-0.2, -0.15) is 0 Å². The summed E-state index contributed by atoms with van der Waals surface area (Å²) in [6.45, 7) is 5.96. The lowest BCUT2D eigenvalue weighted by Crippen LogP contribution is -2.20. The molecule has 0 aromatic heterocycles. The molecular formula is C16H22O. The number of Topliss-reactive ketones (excluding diaryl/α,β-unsaturated/α-hetero) is 1. The van der Waals surface area contributed by atoms with E-state index in [-0.39, 0.29) is 11.2 Å². The molecule has 1 aromatic carbocycles. The maximum absolute atomic E-state index is 11.3. The summed E-state index contributed by atoms with van der Waals surface area (Å²) in [5.41, 5.74) is 2.71. The molecule has 0 saturated heterocycles. The van der Waals surface area contributed by atoms with Gasteiger partial charge in [0.25, 0.3) is 0 Å². The van der Waals surface area contributed by atoms with E-state index in [2.05, 4.69) is 38.1 Å². The van der Waals surface area contributed by atoms with E-state index >= 15 is 0 Å². The molecule has 1 nitrogen and oxygen atoms in total. The van der Waals surface area contributed by atoms with Gasteiger partial charge in [-0.15, -0.1) is 0 Å². The van der Waals surface area contributed by atoms with Crippen LogP contribution >= 0.6 is 0 Å². The molecule has 0 bridgehead atoms. The van der Waals surface area contributed by atoms with Crippen molar-refractivity contribution in [1.82, 2.24) is 0 Å². The molecule has 92 valence electrons. The van der Waals surface area contributed by atoms with Crippen molar-refractivity contribution in [2.45, 2.75) is 57.8 Å². The van der Waals surface area contributed by atoms with E-state index in [1.54, 1.807) is 6.92 Å². The lowest BCUT2D eigenvalue weighted by molar-refractivity contribution is -0.118. The van der Waals surface area contributed by atoms with Gasteiger partial charge in [0.15, 0.2) is 0 Å². The fraction of sp³-hybridized carbons (Fsp3) is 0.562. The maximum atomic E-state index is 11.3. The molecule has 1 fully saturated rings. The van der Waals surface area contributed by atoms with Crippen molar-refractivity contribution in [3.63, 3.8) is 0 Å². The molecule has 0 heterocycles. The summed E-state index contributed by atoms with van der Waals surface area (Å²) in [4.78, 5) is 11.3. The van der Waals surface area contributed by atoms with Crippen LogP contribution in [0.15, 0.2) is 24.3 Å². The zero-order chi connectivity index (χ0) is 12.5. The maximum Gasteiger partial charge on any atom is 0.130 e. The second kappa shape index (κ2) is 4.64. The van der Waals surface area contributed by atoms with Gasteiger partial charge >= 0.3 is 0 Å². The molecule has 0 unspecified atom stereocenters. The van der Waals surface area contributed by atoms with Crippen LogP contribution in [0.5, 0.6) is 0 Å². The molecule has 0 amide bonds. The Kier molecular flexibility index (Phi) is 3.37. The molecule has 1 aliphatic carbocycles. The number of carbonyl (C=O) groups excluding carboxylic acids is 1. The van der Waals surface area contributed by atoms with Gasteiger partial charge in [0.1, 0.15) is 5.78 Å². The second-order valence-electron chi connectivity index (χ2n) is 6.01. The van der Waals surface area contributed by atoms with E-state index in [0.29, 0.717) is 6.42 Å². The van der Waals surface area contributed by atoms with Gasteiger partial charge in [-0.05, 0) is 42.2 Å². The third kappa shape index (κ3) is 2.77. The van der Waals surface area contributed by atoms with Crippen molar-refractivity contribution in [3.05, 3.63) is 35.4 Å². The minimum absolute atomic E-state index is 0.0377. The molecule has 0 spiro atoms. The Labute approximate surface area is 104 Å². The van der Waals surface area contributed by atoms with E-state index in [9.17, 15) is 4.79 Å². The van der Waals surface area contributed by atoms with E-state index in [1.807, 2.05) is 0 Å². The largest absolute Gasteiger partial charge is 0.300 e. The Morgan fingerprint density at radius 1 is 1.24 bits per heavy atom. The van der Waals surface area contributed by atoms with Crippen LogP contribution in [0.2, 0.25) is 0 Å². The highest BCUT2D eigenvalue weighted by Crippen LogP contribution is 2.37. The Bertz CT molecular complexity index is 396. The Morgan fingerprint density at radius 2 is 1.82 bits per heavy atom. The zero-order valence-corrected chi connectivity index (χ0v) is 11.1. The molecule has 2 rings (SSSR count). The quantitative estimate of drug-likeness (QED) is 0.757. The number of benzene rings is 1. The first-order chi connectivity index (χ1) is 7.99. The van der Waals surface area contributed by atoms with E-state index in [4.69, 9.17) is 0 Å². The fourth-order valence-electron chi connectivity index (χ4n) is 2.67. The highest BCUT2D eigenvalue weighted by atomic mass is 16.1. The summed E-state index contributed by atoms with van der Waals surface area (Å²) in [7, 11) is 0. The summed E-state index contributed by atoms with van der Waals surface area (Å²) in [5, 5.41) is 0. The predicted molar refractivity (Wildman–Crippen MR) is 71.4 cm³/mol. The molecule has 17 heavy (non-hydrogen) atoms. The van der Waals surface area contributed by atoms with E-state index < -0.39 is 0 Å². The highest BCUT2D eigenvalue weighted by Gasteiger charge is 2.24. The molecule has 0 radical (unpaired) electrons. The number of hydrogen-bond acceptors (Lipinski definition) is 1. The summed E-state index contributed by atoms with van der Waals surface area (Å²) in [6.07, 6.45) is 4.68. The van der Waals surface area contributed by atoms with Crippen LogP contribution in [0.25, 0.3) is 0 Å². The van der Waals surface area contributed by atoms with Gasteiger partial charge < -0.3 is 0 Å². The van der Waals surface area contributed by atoms with Crippen molar-refractivity contribution >= 4 is 5.78 Å². The Morgan fingerprint density at radius 3 is 2.24 bits per heavy atom. The number of hydrogen-bond donors (Lipinski definition) is 0. The van der Waals surface area contributed by atoms with Crippen LogP contribution in [0, 0.1) is 0 Å². The molecule has 1 aliphatic rings. The van der Waals surface area contributed by atoms with E-state index in [0.717, 1.165) is 5.92 Å². The zero-order valence-electron chi connectivity index (χ0n) is 11.1. The average Bonchev–Trinajstić information content (AvgIpc) is 2.13. The normalized spacial score (nSPS) is 16.6. The SMILES string of the molecule is CC(=O)CC(C)(C)c1ccc(C2CCC2)cc1. The van der Waals surface area contributed by atoms with Crippen LogP contribution in [0.3, 0.4) is 0 Å². The van der Waals surface area contributed by atoms with Crippen molar-refractivity contribution in [2.75, 3.05) is 0 Å². The summed E-state index contributed by atoms with van der Waals surface area (Å²) < 4.78 is 0. The predicted octanol–water partition coefficient (Wildman–Crippen LogP) is 4.21. The Balaban J connectivity index is 2.13. The van der Waals surface area contributed by atoms with Crippen molar-refractivity contribution < 1.29 is 4.79 Å². The highest BCUT2D eigenvalue weighted by molar-refractivity contribution is 5.77. The number of rotatable bonds is 4. The van der Waals surface area contributed by atoms with Gasteiger partial charge in [-0.1, -0.05) is 44.5 Å². The Hall–Kier alpha value is -1.11. The van der Waals surface area contributed by atoms with E-state index in [1.165, 1.54) is 30.4 Å². The number of ketones is 1. The molecule has 1 heteroatoms. The van der Waals surface area contributed by atoms with Gasteiger partial charge in [-0.3, -0.25) is 4.79 Å². The molecule has 0 atom stereocenters. The summed E-state index contributed by atoms with van der Waals surface area (Å²) >= 11 is 0. The minimum Gasteiger partial charge on any atom is -0.300 e. The van der Waals surface area contributed by atoms with Crippen LogP contribution in [-0.2, 0) is 10.2 Å². The topological polar surface area (TPSA) is 17.1 Å². The first-order valence-corrected chi connectivity index (χ1v) is 6.59. The second-order valence-corrected chi connectivity index (χ2v) is 6.01. The van der Waals surface area contributed by atoms with Gasteiger partial charge in [-0.25, -0.2) is 0 Å². The third-order valence-corrected chi connectivity index (χ3v) is 3.96. The van der Waals surface area contributed by atoms with Crippen LogP contribution in [0.1, 0.15) is 63.5 Å². The van der Waals surface area contributed by atoms with Crippen molar-refractivity contribution in [1.29, 1.82) is 0 Å². The number of carbonyl (C=O) groups is 1. The van der Waals surface area contributed by atoms with Crippen molar-refractivity contribution in [2.24, 2.45) is 0 Å². The van der Waals surface area contributed by atoms with Gasteiger partial charge in [0, 0.05) is 6.42 Å². The van der Waals surface area contributed by atoms with Crippen LogP contribution < -0.4 is 0 Å². The summed E-state index contributed by atoms with van der Waals surface area (Å²) in [6, 6.07) is 8.91. The lowest BCUT2D eigenvalue weighted by Gasteiger charge is -2.28. The van der Waals surface area contributed by atoms with Crippen LogP contribution in [0.4, 0.5) is 0 Å². The smallest absolute Gasteiger partial charge is 0.130 e.